The van der Waals surface area contributed by atoms with Crippen molar-refractivity contribution in [3.05, 3.63) is 12.2 Å². The summed E-state index contributed by atoms with van der Waals surface area (Å²) in [6.45, 7) is 4.57. The van der Waals surface area contributed by atoms with Gasteiger partial charge >= 0.3 is 0 Å². The predicted molar refractivity (Wildman–Crippen MR) is 66.5 cm³/mol. The fraction of sp³-hybridized carbons (Fsp3) is 0.800. The molecule has 1 aromatic rings. The van der Waals surface area contributed by atoms with Crippen LogP contribution in [0.25, 0.3) is 0 Å². The second-order valence-electron chi connectivity index (χ2n) is 4.25. The van der Waals surface area contributed by atoms with Gasteiger partial charge in [0, 0.05) is 26.6 Å². The molecule has 0 radical (unpaired) electrons. The molecule has 0 aliphatic rings. The Morgan fingerprint density at radius 3 is 2.65 bits per heavy atom. The van der Waals surface area contributed by atoms with Crippen molar-refractivity contribution in [1.82, 2.24) is 20.1 Å². The molecule has 0 aromatic carbocycles. The van der Waals surface area contributed by atoms with Gasteiger partial charge in [-0.1, -0.05) is 0 Å². The maximum Gasteiger partial charge on any atom is 0.153 e. The first-order valence-electron chi connectivity index (χ1n) is 5.68. The molecule has 0 atom stereocenters. The van der Waals surface area contributed by atoms with E-state index in [1.165, 1.54) is 0 Å². The third-order valence-corrected chi connectivity index (χ3v) is 4.66. The molecule has 1 rings (SSSR count). The average molecular weight is 260 g/mol. The first kappa shape index (κ1) is 14.1. The van der Waals surface area contributed by atoms with Crippen molar-refractivity contribution in [2.45, 2.75) is 25.5 Å². The van der Waals surface area contributed by atoms with E-state index in [0.29, 0.717) is 19.5 Å². The van der Waals surface area contributed by atoms with Crippen molar-refractivity contribution in [2.75, 3.05) is 18.8 Å². The second kappa shape index (κ2) is 6.11. The number of sulfone groups is 1. The maximum absolute atomic E-state index is 11.5. The number of rotatable bonds is 7. The van der Waals surface area contributed by atoms with Gasteiger partial charge in [0.25, 0.3) is 0 Å². The van der Waals surface area contributed by atoms with Gasteiger partial charge in [0.2, 0.25) is 0 Å². The van der Waals surface area contributed by atoms with E-state index in [0.717, 1.165) is 5.82 Å². The van der Waals surface area contributed by atoms with Crippen LogP contribution < -0.4 is 5.32 Å². The van der Waals surface area contributed by atoms with Crippen LogP contribution in [0.4, 0.5) is 0 Å². The van der Waals surface area contributed by atoms with Crippen molar-refractivity contribution < 1.29 is 8.42 Å². The molecule has 1 N–H and O–H groups in total. The van der Waals surface area contributed by atoms with E-state index >= 15 is 0 Å². The highest BCUT2D eigenvalue weighted by molar-refractivity contribution is 7.92. The van der Waals surface area contributed by atoms with E-state index in [4.69, 9.17) is 0 Å². The Labute approximate surface area is 102 Å². The SMILES string of the molecule is CC(C)S(=O)(=O)CCNCCc1ncn(C)n1. The van der Waals surface area contributed by atoms with Crippen LogP contribution in [0.1, 0.15) is 19.7 Å². The number of aryl methyl sites for hydroxylation is 1. The molecular weight excluding hydrogens is 240 g/mol. The molecule has 0 unspecified atom stereocenters. The summed E-state index contributed by atoms with van der Waals surface area (Å²) < 4.78 is 24.6. The molecule has 17 heavy (non-hydrogen) atoms. The van der Waals surface area contributed by atoms with E-state index in [2.05, 4.69) is 15.4 Å². The van der Waals surface area contributed by atoms with Crippen LogP contribution >= 0.6 is 0 Å². The van der Waals surface area contributed by atoms with Gasteiger partial charge in [0.15, 0.2) is 15.7 Å². The normalized spacial score (nSPS) is 12.2. The largest absolute Gasteiger partial charge is 0.315 e. The Morgan fingerprint density at radius 1 is 1.41 bits per heavy atom. The molecule has 0 saturated heterocycles. The van der Waals surface area contributed by atoms with Gasteiger partial charge in [-0.25, -0.2) is 13.4 Å². The molecule has 0 aliphatic carbocycles. The Kier molecular flexibility index (Phi) is 5.07. The molecule has 6 nitrogen and oxygen atoms in total. The Morgan fingerprint density at radius 2 is 2.12 bits per heavy atom. The summed E-state index contributed by atoms with van der Waals surface area (Å²) in [4.78, 5) is 4.08. The van der Waals surface area contributed by atoms with Crippen LogP contribution in [0, 0.1) is 0 Å². The molecule has 0 bridgehead atoms. The highest BCUT2D eigenvalue weighted by atomic mass is 32.2. The van der Waals surface area contributed by atoms with Crippen molar-refractivity contribution in [3.8, 4) is 0 Å². The van der Waals surface area contributed by atoms with E-state index in [9.17, 15) is 8.42 Å². The monoisotopic (exact) mass is 260 g/mol. The van der Waals surface area contributed by atoms with Gasteiger partial charge < -0.3 is 5.32 Å². The molecule has 1 heterocycles. The van der Waals surface area contributed by atoms with Gasteiger partial charge in [-0.05, 0) is 13.8 Å². The molecular formula is C10H20N4O2S. The summed E-state index contributed by atoms with van der Waals surface area (Å²) in [7, 11) is -1.12. The summed E-state index contributed by atoms with van der Waals surface area (Å²) in [6, 6.07) is 0. The highest BCUT2D eigenvalue weighted by Crippen LogP contribution is 1.99. The lowest BCUT2D eigenvalue weighted by Gasteiger charge is -2.07. The van der Waals surface area contributed by atoms with Crippen LogP contribution in [0.2, 0.25) is 0 Å². The van der Waals surface area contributed by atoms with Crippen LogP contribution in [0.3, 0.4) is 0 Å². The van der Waals surface area contributed by atoms with Crippen molar-refractivity contribution >= 4 is 9.84 Å². The van der Waals surface area contributed by atoms with E-state index in [1.54, 1.807) is 24.9 Å². The van der Waals surface area contributed by atoms with Crippen molar-refractivity contribution in [1.29, 1.82) is 0 Å². The van der Waals surface area contributed by atoms with Crippen LogP contribution in [-0.4, -0.2) is 47.3 Å². The third kappa shape index (κ3) is 4.82. The molecule has 0 saturated carbocycles. The van der Waals surface area contributed by atoms with Crippen LogP contribution in [0.5, 0.6) is 0 Å². The smallest absolute Gasteiger partial charge is 0.153 e. The van der Waals surface area contributed by atoms with Crippen molar-refractivity contribution in [3.63, 3.8) is 0 Å². The zero-order valence-electron chi connectivity index (χ0n) is 10.5. The minimum Gasteiger partial charge on any atom is -0.315 e. The summed E-state index contributed by atoms with van der Waals surface area (Å²) >= 11 is 0. The molecule has 0 aliphatic heterocycles. The van der Waals surface area contributed by atoms with Gasteiger partial charge in [-0.3, -0.25) is 4.68 Å². The summed E-state index contributed by atoms with van der Waals surface area (Å²) in [5, 5.41) is 6.91. The predicted octanol–water partition coefficient (Wildman–Crippen LogP) is -0.230. The zero-order valence-corrected chi connectivity index (χ0v) is 11.4. The lowest BCUT2D eigenvalue weighted by Crippen LogP contribution is -2.28. The fourth-order valence-corrected chi connectivity index (χ4v) is 2.17. The topological polar surface area (TPSA) is 76.9 Å². The Hall–Kier alpha value is -0.950. The number of nitrogens with one attached hydrogen (secondary N) is 1. The van der Waals surface area contributed by atoms with Crippen molar-refractivity contribution in [2.24, 2.45) is 7.05 Å². The minimum absolute atomic E-state index is 0.181. The lowest BCUT2D eigenvalue weighted by molar-refractivity contribution is 0.582. The number of hydrogen-bond acceptors (Lipinski definition) is 5. The number of nitrogens with zero attached hydrogens (tertiary/aromatic N) is 3. The Bertz CT molecular complexity index is 439. The summed E-state index contributed by atoms with van der Waals surface area (Å²) in [6.07, 6.45) is 2.36. The number of hydrogen-bond donors (Lipinski definition) is 1. The third-order valence-electron chi connectivity index (χ3n) is 2.45. The average Bonchev–Trinajstić information content (AvgIpc) is 2.63. The molecule has 1 aromatic heterocycles. The minimum atomic E-state index is -2.94. The van der Waals surface area contributed by atoms with Crippen LogP contribution in [0.15, 0.2) is 6.33 Å². The van der Waals surface area contributed by atoms with Gasteiger partial charge in [0.05, 0.1) is 11.0 Å². The van der Waals surface area contributed by atoms with E-state index < -0.39 is 9.84 Å². The number of aromatic nitrogens is 3. The quantitative estimate of drug-likeness (QED) is 0.685. The standard InChI is InChI=1S/C10H20N4O2S/c1-9(2)17(15,16)7-6-11-5-4-10-12-8-14(3)13-10/h8-9,11H,4-7H2,1-3H3. The lowest BCUT2D eigenvalue weighted by atomic mass is 10.4. The zero-order chi connectivity index (χ0) is 12.9. The fourth-order valence-electron chi connectivity index (χ4n) is 1.27. The van der Waals surface area contributed by atoms with Gasteiger partial charge in [-0.2, -0.15) is 5.10 Å². The van der Waals surface area contributed by atoms with Crippen LogP contribution in [-0.2, 0) is 23.3 Å². The molecule has 0 fully saturated rings. The summed E-state index contributed by atoms with van der Waals surface area (Å²) in [5.74, 6) is 0.951. The molecule has 98 valence electrons. The molecule has 0 spiro atoms. The first-order valence-corrected chi connectivity index (χ1v) is 7.40. The highest BCUT2D eigenvalue weighted by Gasteiger charge is 2.14. The van der Waals surface area contributed by atoms with E-state index in [1.807, 2.05) is 7.05 Å². The molecule has 0 amide bonds. The first-order chi connectivity index (χ1) is 7.92. The second-order valence-corrected chi connectivity index (χ2v) is 6.93. The van der Waals surface area contributed by atoms with Gasteiger partial charge in [-0.15, -0.1) is 0 Å². The Balaban J connectivity index is 2.17. The molecule has 7 heteroatoms. The summed E-state index contributed by atoms with van der Waals surface area (Å²) in [5.41, 5.74) is 0. The maximum atomic E-state index is 11.5. The van der Waals surface area contributed by atoms with E-state index in [-0.39, 0.29) is 11.0 Å². The van der Waals surface area contributed by atoms with Gasteiger partial charge in [0.1, 0.15) is 6.33 Å².